The number of benzene rings is 2. The summed E-state index contributed by atoms with van der Waals surface area (Å²) in [6.07, 6.45) is 0. The Labute approximate surface area is 178 Å². The summed E-state index contributed by atoms with van der Waals surface area (Å²) in [7, 11) is 0. The molecule has 0 aliphatic carbocycles. The van der Waals surface area contributed by atoms with Gasteiger partial charge in [0.1, 0.15) is 29.8 Å². The second-order valence-electron chi connectivity index (χ2n) is 6.72. The molecule has 6 nitrogen and oxygen atoms in total. The number of nitrogens with zero attached hydrogens (tertiary/aromatic N) is 1. The summed E-state index contributed by atoms with van der Waals surface area (Å²) in [5, 5.41) is 9.60. The Balaban J connectivity index is 1.85. The number of esters is 1. The lowest BCUT2D eigenvalue weighted by molar-refractivity contribution is -0.139. The maximum absolute atomic E-state index is 13.3. The number of carbonyl (C=O) groups excluding carboxylic acids is 1. The van der Waals surface area contributed by atoms with Crippen LogP contribution < -0.4 is 10.5 Å². The summed E-state index contributed by atoms with van der Waals surface area (Å²) in [6, 6.07) is 12.3. The van der Waals surface area contributed by atoms with Crippen LogP contribution in [0, 0.1) is 23.0 Å². The summed E-state index contributed by atoms with van der Waals surface area (Å²) >= 11 is 0. The van der Waals surface area contributed by atoms with Crippen LogP contribution in [0.15, 0.2) is 65.3 Å². The van der Waals surface area contributed by atoms with E-state index in [1.165, 1.54) is 6.07 Å². The SMILES string of the molecule is CCOC(=O)C1=C(C)OC(N)=C(C#N)C1c1ccc(COc2ccc(F)c(F)c2)cc1. The fourth-order valence-corrected chi connectivity index (χ4v) is 3.23. The molecule has 1 unspecified atom stereocenters. The Bertz CT molecular complexity index is 1100. The van der Waals surface area contributed by atoms with Crippen LogP contribution >= 0.6 is 0 Å². The Kier molecular flexibility index (Phi) is 6.55. The molecule has 8 heteroatoms. The molecule has 0 spiro atoms. The normalized spacial score (nSPS) is 15.9. The fraction of sp³-hybridized carbons (Fsp3) is 0.217. The molecule has 31 heavy (non-hydrogen) atoms. The third-order valence-corrected chi connectivity index (χ3v) is 4.71. The van der Waals surface area contributed by atoms with E-state index in [0.29, 0.717) is 5.56 Å². The first-order valence-corrected chi connectivity index (χ1v) is 9.47. The van der Waals surface area contributed by atoms with Crippen LogP contribution in [-0.2, 0) is 20.9 Å². The molecule has 0 radical (unpaired) electrons. The number of ether oxygens (including phenoxy) is 3. The van der Waals surface area contributed by atoms with Gasteiger partial charge in [0.15, 0.2) is 11.6 Å². The number of hydrogen-bond donors (Lipinski definition) is 1. The average molecular weight is 426 g/mol. The molecule has 160 valence electrons. The number of halogens is 2. The molecule has 0 saturated carbocycles. The number of allylic oxidation sites excluding steroid dienone is 2. The van der Waals surface area contributed by atoms with E-state index in [1.807, 2.05) is 6.07 Å². The fourth-order valence-electron chi connectivity index (χ4n) is 3.23. The first-order valence-electron chi connectivity index (χ1n) is 9.47. The van der Waals surface area contributed by atoms with Gasteiger partial charge in [-0.15, -0.1) is 0 Å². The second kappa shape index (κ2) is 9.30. The molecule has 1 aliphatic rings. The van der Waals surface area contributed by atoms with Crippen LogP contribution in [0.4, 0.5) is 8.78 Å². The van der Waals surface area contributed by atoms with Crippen molar-refractivity contribution in [3.05, 3.63) is 88.0 Å². The van der Waals surface area contributed by atoms with Crippen LogP contribution in [0.5, 0.6) is 5.75 Å². The number of nitrogens with two attached hydrogens (primary N) is 1. The van der Waals surface area contributed by atoms with Crippen LogP contribution in [0.1, 0.15) is 30.9 Å². The lowest BCUT2D eigenvalue weighted by Gasteiger charge is -2.27. The predicted octanol–water partition coefficient (Wildman–Crippen LogP) is 4.19. The third-order valence-electron chi connectivity index (χ3n) is 4.71. The molecule has 2 N–H and O–H groups in total. The molecule has 0 aromatic heterocycles. The zero-order chi connectivity index (χ0) is 22.5. The van der Waals surface area contributed by atoms with E-state index in [4.69, 9.17) is 19.9 Å². The van der Waals surface area contributed by atoms with Gasteiger partial charge in [0, 0.05) is 6.07 Å². The molecule has 0 bridgehead atoms. The summed E-state index contributed by atoms with van der Waals surface area (Å²) in [5.41, 5.74) is 7.58. The molecule has 2 aromatic rings. The summed E-state index contributed by atoms with van der Waals surface area (Å²) in [4.78, 5) is 12.5. The highest BCUT2D eigenvalue weighted by Gasteiger charge is 2.36. The average Bonchev–Trinajstić information content (AvgIpc) is 2.74. The van der Waals surface area contributed by atoms with Crippen LogP contribution in [0.25, 0.3) is 0 Å². The predicted molar refractivity (Wildman–Crippen MR) is 107 cm³/mol. The van der Waals surface area contributed by atoms with Crippen LogP contribution in [-0.4, -0.2) is 12.6 Å². The Morgan fingerprint density at radius 1 is 1.19 bits per heavy atom. The molecule has 1 heterocycles. The van der Waals surface area contributed by atoms with Gasteiger partial charge in [-0.1, -0.05) is 24.3 Å². The smallest absolute Gasteiger partial charge is 0.338 e. The lowest BCUT2D eigenvalue weighted by atomic mass is 9.83. The van der Waals surface area contributed by atoms with E-state index in [-0.39, 0.29) is 41.8 Å². The number of carbonyl (C=O) groups is 1. The van der Waals surface area contributed by atoms with Gasteiger partial charge < -0.3 is 19.9 Å². The molecule has 1 aliphatic heterocycles. The number of hydrogen-bond acceptors (Lipinski definition) is 6. The Morgan fingerprint density at radius 2 is 1.90 bits per heavy atom. The van der Waals surface area contributed by atoms with Gasteiger partial charge in [0.2, 0.25) is 5.88 Å². The third kappa shape index (κ3) is 4.67. The van der Waals surface area contributed by atoms with Crippen LogP contribution in [0.3, 0.4) is 0 Å². The molecule has 0 amide bonds. The maximum Gasteiger partial charge on any atom is 0.338 e. The van der Waals surface area contributed by atoms with Crippen molar-refractivity contribution in [3.8, 4) is 11.8 Å². The minimum Gasteiger partial charge on any atom is -0.489 e. The van der Waals surface area contributed by atoms with E-state index in [0.717, 1.165) is 17.7 Å². The molecule has 0 fully saturated rings. The first kappa shape index (κ1) is 21.8. The number of nitriles is 1. The van der Waals surface area contributed by atoms with Crippen molar-refractivity contribution >= 4 is 5.97 Å². The van der Waals surface area contributed by atoms with Crippen molar-refractivity contribution in [3.63, 3.8) is 0 Å². The van der Waals surface area contributed by atoms with Gasteiger partial charge in [-0.2, -0.15) is 5.26 Å². The van der Waals surface area contributed by atoms with Crippen molar-refractivity contribution in [2.75, 3.05) is 6.61 Å². The van der Waals surface area contributed by atoms with E-state index >= 15 is 0 Å². The maximum atomic E-state index is 13.3. The number of rotatable bonds is 6. The monoisotopic (exact) mass is 426 g/mol. The van der Waals surface area contributed by atoms with Crippen molar-refractivity contribution in [1.29, 1.82) is 5.26 Å². The van der Waals surface area contributed by atoms with E-state index in [1.54, 1.807) is 38.1 Å². The van der Waals surface area contributed by atoms with Gasteiger partial charge >= 0.3 is 5.97 Å². The summed E-state index contributed by atoms with van der Waals surface area (Å²) in [5.74, 6) is -2.87. The van der Waals surface area contributed by atoms with Gasteiger partial charge in [-0.25, -0.2) is 13.6 Å². The lowest BCUT2D eigenvalue weighted by Crippen LogP contribution is -2.25. The van der Waals surface area contributed by atoms with Crippen LogP contribution in [0.2, 0.25) is 0 Å². The highest BCUT2D eigenvalue weighted by atomic mass is 19.2. The summed E-state index contributed by atoms with van der Waals surface area (Å²) < 4.78 is 42.3. The van der Waals surface area contributed by atoms with Gasteiger partial charge in [0.25, 0.3) is 0 Å². The largest absolute Gasteiger partial charge is 0.489 e. The van der Waals surface area contributed by atoms with E-state index < -0.39 is 23.5 Å². The molecule has 3 rings (SSSR count). The Hall–Kier alpha value is -3.86. The van der Waals surface area contributed by atoms with Gasteiger partial charge in [0.05, 0.1) is 18.1 Å². The standard InChI is InChI=1S/C23H20F2N2O4/c1-3-29-23(28)20-13(2)31-22(27)17(11-26)21(20)15-6-4-14(5-7-15)12-30-16-8-9-18(24)19(25)10-16/h4-10,21H,3,12,27H2,1-2H3. The Morgan fingerprint density at radius 3 is 2.52 bits per heavy atom. The second-order valence-corrected chi connectivity index (χ2v) is 6.72. The minimum atomic E-state index is -0.991. The van der Waals surface area contributed by atoms with Gasteiger partial charge in [-0.3, -0.25) is 0 Å². The van der Waals surface area contributed by atoms with Crippen molar-refractivity contribution < 1.29 is 27.8 Å². The quantitative estimate of drug-likeness (QED) is 0.696. The summed E-state index contributed by atoms with van der Waals surface area (Å²) in [6.45, 7) is 3.56. The topological polar surface area (TPSA) is 94.6 Å². The van der Waals surface area contributed by atoms with E-state index in [9.17, 15) is 18.8 Å². The molecule has 0 saturated heterocycles. The first-order chi connectivity index (χ1) is 14.8. The van der Waals surface area contributed by atoms with Crippen molar-refractivity contribution in [2.45, 2.75) is 26.4 Å². The molecule has 2 aromatic carbocycles. The minimum absolute atomic E-state index is 0.0659. The zero-order valence-corrected chi connectivity index (χ0v) is 16.9. The highest BCUT2D eigenvalue weighted by molar-refractivity contribution is 5.92. The zero-order valence-electron chi connectivity index (χ0n) is 16.9. The molecular weight excluding hydrogens is 406 g/mol. The van der Waals surface area contributed by atoms with E-state index in [2.05, 4.69) is 0 Å². The van der Waals surface area contributed by atoms with Gasteiger partial charge in [-0.05, 0) is 37.1 Å². The van der Waals surface area contributed by atoms with Crippen molar-refractivity contribution in [1.82, 2.24) is 0 Å². The molecular formula is C23H20F2N2O4. The highest BCUT2D eigenvalue weighted by Crippen LogP contribution is 2.39. The van der Waals surface area contributed by atoms with Crippen molar-refractivity contribution in [2.24, 2.45) is 5.73 Å². The molecule has 1 atom stereocenters.